The van der Waals surface area contributed by atoms with Crippen LogP contribution in [0.5, 0.6) is 0 Å². The summed E-state index contributed by atoms with van der Waals surface area (Å²) in [5, 5.41) is 32.5. The van der Waals surface area contributed by atoms with E-state index in [0.717, 1.165) is 6.33 Å². The summed E-state index contributed by atoms with van der Waals surface area (Å²) in [4.78, 5) is 15.9. The second-order valence-electron chi connectivity index (χ2n) is 6.94. The summed E-state index contributed by atoms with van der Waals surface area (Å²) in [7, 11) is 11.1. The minimum atomic E-state index is -2.51. The van der Waals surface area contributed by atoms with Crippen LogP contribution in [0.25, 0.3) is 5.52 Å². The van der Waals surface area contributed by atoms with Gasteiger partial charge in [0.2, 0.25) is 5.60 Å². The SMILES string of the molecule is [B]C([B])(O)C1O[C@@](C#N)(c2ccc3c(N)ncnn23)[C@H](O)[C@@H]1OC(=O)C(C)C. The van der Waals surface area contributed by atoms with Gasteiger partial charge in [0.05, 0.1) is 11.6 Å². The molecule has 0 amide bonds. The molecular formula is C16H17B2N5O5. The number of aliphatic hydroxyl groups is 2. The quantitative estimate of drug-likeness (QED) is 0.417. The summed E-state index contributed by atoms with van der Waals surface area (Å²) < 4.78 is 12.2. The van der Waals surface area contributed by atoms with E-state index in [2.05, 4.69) is 10.1 Å². The molecule has 0 bridgehead atoms. The number of ether oxygens (including phenoxy) is 2. The third kappa shape index (κ3) is 3.01. The van der Waals surface area contributed by atoms with Crippen molar-refractivity contribution in [3.63, 3.8) is 0 Å². The zero-order valence-electron chi connectivity index (χ0n) is 15.2. The molecule has 142 valence electrons. The first-order chi connectivity index (χ1) is 13.0. The number of rotatable bonds is 4. The fourth-order valence-corrected chi connectivity index (χ4v) is 3.08. The average molecular weight is 381 g/mol. The summed E-state index contributed by atoms with van der Waals surface area (Å²) in [5.74, 6) is -1.10. The van der Waals surface area contributed by atoms with Crippen LogP contribution in [0.1, 0.15) is 19.5 Å². The molecule has 2 aromatic rings. The maximum Gasteiger partial charge on any atom is 0.308 e. The first-order valence-electron chi connectivity index (χ1n) is 8.39. The molecule has 1 fully saturated rings. The van der Waals surface area contributed by atoms with E-state index in [9.17, 15) is 20.3 Å². The van der Waals surface area contributed by atoms with Crippen LogP contribution < -0.4 is 5.73 Å². The maximum absolute atomic E-state index is 12.1. The molecule has 1 aliphatic heterocycles. The highest BCUT2D eigenvalue weighted by Crippen LogP contribution is 2.43. The highest BCUT2D eigenvalue weighted by molar-refractivity contribution is 6.39. The van der Waals surface area contributed by atoms with Gasteiger partial charge in [-0.25, -0.2) is 9.50 Å². The normalized spacial score (nSPS) is 27.8. The molecule has 1 saturated heterocycles. The van der Waals surface area contributed by atoms with Crippen LogP contribution in [0.3, 0.4) is 0 Å². The molecule has 28 heavy (non-hydrogen) atoms. The molecule has 12 heteroatoms. The van der Waals surface area contributed by atoms with E-state index < -0.39 is 41.2 Å². The first kappa shape index (κ1) is 20.1. The third-order valence-corrected chi connectivity index (χ3v) is 4.55. The van der Waals surface area contributed by atoms with Crippen LogP contribution in [-0.2, 0) is 19.9 Å². The van der Waals surface area contributed by atoms with E-state index in [1.807, 2.05) is 6.07 Å². The van der Waals surface area contributed by atoms with Gasteiger partial charge in [-0.15, -0.1) is 0 Å². The molecule has 2 aromatic heterocycles. The van der Waals surface area contributed by atoms with Gasteiger partial charge < -0.3 is 25.4 Å². The van der Waals surface area contributed by atoms with Gasteiger partial charge in [-0.2, -0.15) is 10.4 Å². The lowest BCUT2D eigenvalue weighted by molar-refractivity contribution is -0.162. The number of fused-ring (bicyclic) bond motifs is 1. The standard InChI is InChI=1S/C16H17B2N5O5/c1-7(2)14(25)27-10-11(24)15(5-19,28-12(10)16(17,18)26)9-4-3-8-13(20)21-6-22-23(8)9/h3-4,6-7,10-12,24,26H,1-2H3,(H2,20,21,22)/t10-,11+,12?,15-/m0/s1. The number of aromatic nitrogens is 3. The number of hydrogen-bond acceptors (Lipinski definition) is 9. The minimum absolute atomic E-state index is 0.0731. The molecule has 4 N–H and O–H groups in total. The predicted octanol–water partition coefficient (Wildman–Crippen LogP) is -1.66. The Kier molecular flexibility index (Phi) is 4.87. The van der Waals surface area contributed by atoms with Gasteiger partial charge in [-0.1, -0.05) is 13.8 Å². The van der Waals surface area contributed by atoms with Crippen LogP contribution in [0.2, 0.25) is 0 Å². The largest absolute Gasteiger partial charge is 0.456 e. The molecule has 4 radical (unpaired) electrons. The van der Waals surface area contributed by atoms with Gasteiger partial charge in [0.1, 0.15) is 45.8 Å². The Morgan fingerprint density at radius 1 is 1.54 bits per heavy atom. The molecule has 10 nitrogen and oxygen atoms in total. The summed E-state index contributed by atoms with van der Waals surface area (Å²) in [5.41, 5.74) is 4.13. The summed E-state index contributed by atoms with van der Waals surface area (Å²) in [6.07, 6.45) is -3.69. The van der Waals surface area contributed by atoms with Gasteiger partial charge in [-0.05, 0) is 12.1 Å². The summed E-state index contributed by atoms with van der Waals surface area (Å²) in [6, 6.07) is 4.84. The molecule has 3 rings (SSSR count). The molecule has 0 aliphatic carbocycles. The number of esters is 1. The molecule has 0 spiro atoms. The van der Waals surface area contributed by atoms with Crippen molar-refractivity contribution >= 4 is 33.0 Å². The van der Waals surface area contributed by atoms with Crippen molar-refractivity contribution in [2.75, 3.05) is 5.73 Å². The molecule has 3 heterocycles. The molecular weight excluding hydrogens is 364 g/mol. The smallest absolute Gasteiger partial charge is 0.308 e. The highest BCUT2D eigenvalue weighted by Gasteiger charge is 2.62. The van der Waals surface area contributed by atoms with Crippen molar-refractivity contribution in [2.45, 2.75) is 43.2 Å². The van der Waals surface area contributed by atoms with E-state index in [1.54, 1.807) is 13.8 Å². The van der Waals surface area contributed by atoms with E-state index >= 15 is 0 Å². The van der Waals surface area contributed by atoms with Gasteiger partial charge in [0.15, 0.2) is 11.9 Å². The van der Waals surface area contributed by atoms with E-state index in [0.29, 0.717) is 5.52 Å². The van der Waals surface area contributed by atoms with Crippen LogP contribution in [0.15, 0.2) is 18.5 Å². The van der Waals surface area contributed by atoms with Gasteiger partial charge in [-0.3, -0.25) is 4.79 Å². The van der Waals surface area contributed by atoms with Gasteiger partial charge in [0.25, 0.3) is 0 Å². The van der Waals surface area contributed by atoms with E-state index in [4.69, 9.17) is 30.9 Å². The summed E-state index contributed by atoms with van der Waals surface area (Å²) >= 11 is 0. The number of nitrogens with zero attached hydrogens (tertiary/aromatic N) is 4. The van der Waals surface area contributed by atoms with Crippen molar-refractivity contribution in [3.8, 4) is 6.07 Å². The zero-order valence-corrected chi connectivity index (χ0v) is 15.2. The maximum atomic E-state index is 12.1. The monoisotopic (exact) mass is 381 g/mol. The highest BCUT2D eigenvalue weighted by atomic mass is 16.6. The number of aliphatic hydroxyl groups excluding tert-OH is 1. The fraction of sp³-hybridized carbons (Fsp3) is 0.500. The Balaban J connectivity index is 2.14. The number of nitriles is 1. The van der Waals surface area contributed by atoms with Gasteiger partial charge in [0, 0.05) is 5.40 Å². The van der Waals surface area contributed by atoms with Crippen molar-refractivity contribution in [2.24, 2.45) is 5.92 Å². The van der Waals surface area contributed by atoms with E-state index in [1.165, 1.54) is 16.6 Å². The van der Waals surface area contributed by atoms with Crippen LogP contribution >= 0.6 is 0 Å². The Morgan fingerprint density at radius 2 is 2.21 bits per heavy atom. The lowest BCUT2D eigenvalue weighted by atomic mass is 9.61. The average Bonchev–Trinajstić information content (AvgIpc) is 3.16. The Morgan fingerprint density at radius 3 is 2.79 bits per heavy atom. The number of hydrogen-bond donors (Lipinski definition) is 3. The second-order valence-corrected chi connectivity index (χ2v) is 6.94. The molecule has 0 saturated carbocycles. The number of nitrogens with two attached hydrogens (primary N) is 1. The van der Waals surface area contributed by atoms with Crippen molar-refractivity contribution < 1.29 is 24.5 Å². The van der Waals surface area contributed by atoms with Crippen molar-refractivity contribution in [1.29, 1.82) is 5.26 Å². The third-order valence-electron chi connectivity index (χ3n) is 4.55. The fourth-order valence-electron chi connectivity index (χ4n) is 3.08. The molecule has 1 aliphatic rings. The van der Waals surface area contributed by atoms with Gasteiger partial charge >= 0.3 is 5.97 Å². The number of anilines is 1. The molecule has 0 aromatic carbocycles. The van der Waals surface area contributed by atoms with Crippen LogP contribution in [0, 0.1) is 17.2 Å². The van der Waals surface area contributed by atoms with Crippen molar-refractivity contribution in [3.05, 3.63) is 24.2 Å². The lowest BCUT2D eigenvalue weighted by Gasteiger charge is -2.31. The zero-order chi connectivity index (χ0) is 20.9. The Hall–Kier alpha value is -2.61. The molecule has 1 unspecified atom stereocenters. The van der Waals surface area contributed by atoms with Crippen LogP contribution in [-0.4, -0.2) is 70.2 Å². The first-order valence-corrected chi connectivity index (χ1v) is 8.39. The topological polar surface area (TPSA) is 156 Å². The Bertz CT molecular complexity index is 953. The number of nitrogen functional groups attached to an aromatic ring is 1. The lowest BCUT2D eigenvalue weighted by Crippen LogP contribution is -2.52. The van der Waals surface area contributed by atoms with E-state index in [-0.39, 0.29) is 11.5 Å². The summed E-state index contributed by atoms with van der Waals surface area (Å²) in [6.45, 7) is 3.16. The second kappa shape index (κ2) is 6.77. The Labute approximate surface area is 163 Å². The van der Waals surface area contributed by atoms with Crippen LogP contribution in [0.4, 0.5) is 5.82 Å². The number of carbonyl (C=O) groups is 1. The predicted molar refractivity (Wildman–Crippen MR) is 96.7 cm³/mol. The minimum Gasteiger partial charge on any atom is -0.456 e. The number of carbonyl (C=O) groups excluding carboxylic acids is 1. The van der Waals surface area contributed by atoms with Crippen molar-refractivity contribution in [1.82, 2.24) is 14.6 Å². The molecule has 4 atom stereocenters.